The molecule has 0 fully saturated rings. The van der Waals surface area contributed by atoms with Crippen molar-refractivity contribution in [1.82, 2.24) is 0 Å². The van der Waals surface area contributed by atoms with Gasteiger partial charge in [-0.05, 0) is 77.0 Å². The summed E-state index contributed by atoms with van der Waals surface area (Å²) in [7, 11) is 0. The van der Waals surface area contributed by atoms with E-state index in [0.717, 1.165) is 64.2 Å². The first-order chi connectivity index (χ1) is 39.0. The van der Waals surface area contributed by atoms with Crippen molar-refractivity contribution in [2.75, 3.05) is 13.2 Å². The number of unbranched alkanes of at least 4 members (excludes halogenated alkanes) is 49. The molecule has 0 rings (SSSR count). The highest BCUT2D eigenvalue weighted by atomic mass is 16.6. The Kier molecular flexibility index (Phi) is 66.1. The second kappa shape index (κ2) is 68.1. The molecule has 0 N–H and O–H groups in total. The molecule has 0 aromatic heterocycles. The van der Waals surface area contributed by atoms with Gasteiger partial charge in [-0.15, -0.1) is 0 Å². The number of rotatable bonds is 66. The second-order valence-electron chi connectivity index (χ2n) is 24.1. The number of allylic oxidation sites excluding steroid dienone is 6. The fourth-order valence-electron chi connectivity index (χ4n) is 10.8. The third kappa shape index (κ3) is 66.3. The minimum absolute atomic E-state index is 0.0685. The van der Waals surface area contributed by atoms with E-state index in [2.05, 4.69) is 57.2 Å². The molecule has 0 radical (unpaired) electrons. The topological polar surface area (TPSA) is 78.9 Å². The first-order valence-electron chi connectivity index (χ1n) is 35.5. The van der Waals surface area contributed by atoms with E-state index in [-0.39, 0.29) is 31.1 Å². The summed E-state index contributed by atoms with van der Waals surface area (Å²) < 4.78 is 17.0. The summed E-state index contributed by atoms with van der Waals surface area (Å²) in [6, 6.07) is 0. The molecule has 0 heterocycles. The van der Waals surface area contributed by atoms with Crippen LogP contribution >= 0.6 is 0 Å². The minimum Gasteiger partial charge on any atom is -0.462 e. The molecule has 464 valence electrons. The summed E-state index contributed by atoms with van der Waals surface area (Å²) >= 11 is 0. The number of carbonyl (C=O) groups is 3. The maximum Gasteiger partial charge on any atom is 0.306 e. The number of hydrogen-bond donors (Lipinski definition) is 0. The van der Waals surface area contributed by atoms with Crippen molar-refractivity contribution >= 4 is 17.9 Å². The fraction of sp³-hybridized carbons (Fsp3) is 0.877. The average Bonchev–Trinajstić information content (AvgIpc) is 3.45. The normalized spacial score (nSPS) is 12.2. The van der Waals surface area contributed by atoms with Crippen LogP contribution in [0, 0.1) is 0 Å². The van der Waals surface area contributed by atoms with Crippen LogP contribution in [0.1, 0.15) is 393 Å². The third-order valence-electron chi connectivity index (χ3n) is 16.1. The van der Waals surface area contributed by atoms with Gasteiger partial charge in [-0.25, -0.2) is 0 Å². The van der Waals surface area contributed by atoms with E-state index in [4.69, 9.17) is 14.2 Å². The van der Waals surface area contributed by atoms with Crippen molar-refractivity contribution in [1.29, 1.82) is 0 Å². The van der Waals surface area contributed by atoms with Gasteiger partial charge in [0.15, 0.2) is 6.10 Å². The van der Waals surface area contributed by atoms with Crippen LogP contribution in [0.2, 0.25) is 0 Å². The van der Waals surface area contributed by atoms with E-state index >= 15 is 0 Å². The fourth-order valence-corrected chi connectivity index (χ4v) is 10.8. The monoisotopic (exact) mass is 1110 g/mol. The summed E-state index contributed by atoms with van der Waals surface area (Å²) in [5, 5.41) is 0. The van der Waals surface area contributed by atoms with Gasteiger partial charge in [-0.1, -0.05) is 333 Å². The van der Waals surface area contributed by atoms with Gasteiger partial charge in [0.2, 0.25) is 0 Å². The third-order valence-corrected chi connectivity index (χ3v) is 16.1. The van der Waals surface area contributed by atoms with Crippen LogP contribution in [0.25, 0.3) is 0 Å². The highest BCUT2D eigenvalue weighted by Gasteiger charge is 2.19. The predicted molar refractivity (Wildman–Crippen MR) is 344 cm³/mol. The zero-order chi connectivity index (χ0) is 57.1. The largest absolute Gasteiger partial charge is 0.462 e. The van der Waals surface area contributed by atoms with E-state index in [1.807, 2.05) is 0 Å². The van der Waals surface area contributed by atoms with Gasteiger partial charge in [0.1, 0.15) is 13.2 Å². The Labute approximate surface area is 493 Å². The van der Waals surface area contributed by atoms with E-state index in [1.54, 1.807) is 0 Å². The highest BCUT2D eigenvalue weighted by Crippen LogP contribution is 2.18. The molecule has 0 aromatic rings. The van der Waals surface area contributed by atoms with E-state index in [0.29, 0.717) is 19.3 Å². The smallest absolute Gasteiger partial charge is 0.306 e. The van der Waals surface area contributed by atoms with Gasteiger partial charge in [0.05, 0.1) is 0 Å². The summed E-state index contributed by atoms with van der Waals surface area (Å²) in [5.74, 6) is -0.842. The van der Waals surface area contributed by atoms with Gasteiger partial charge < -0.3 is 14.2 Å². The quantitative estimate of drug-likeness (QED) is 0.0261. The molecular weight excluding hydrogens is 973 g/mol. The maximum absolute atomic E-state index is 13.0. The van der Waals surface area contributed by atoms with Gasteiger partial charge in [0.25, 0.3) is 0 Å². The predicted octanol–water partition coefficient (Wildman–Crippen LogP) is 24.3. The Morgan fingerprint density at radius 1 is 0.253 bits per heavy atom. The van der Waals surface area contributed by atoms with Crippen LogP contribution in [0.5, 0.6) is 0 Å². The zero-order valence-corrected chi connectivity index (χ0v) is 53.4. The maximum atomic E-state index is 13.0. The highest BCUT2D eigenvalue weighted by molar-refractivity contribution is 5.71. The van der Waals surface area contributed by atoms with Gasteiger partial charge >= 0.3 is 17.9 Å². The number of esters is 3. The van der Waals surface area contributed by atoms with Crippen LogP contribution in [-0.4, -0.2) is 37.2 Å². The molecule has 1 unspecified atom stereocenters. The minimum atomic E-state index is -0.773. The molecule has 79 heavy (non-hydrogen) atoms. The molecule has 0 aliphatic rings. The molecule has 6 heteroatoms. The Morgan fingerprint density at radius 3 is 0.734 bits per heavy atom. The lowest BCUT2D eigenvalue weighted by Crippen LogP contribution is -2.30. The van der Waals surface area contributed by atoms with Crippen molar-refractivity contribution in [3.8, 4) is 0 Å². The molecule has 6 nitrogen and oxygen atoms in total. The molecule has 0 bridgehead atoms. The molecule has 0 aliphatic carbocycles. The van der Waals surface area contributed by atoms with Crippen molar-refractivity contribution in [3.05, 3.63) is 36.5 Å². The standard InChI is InChI=1S/C73H136O6/c1-4-7-10-13-16-19-22-25-28-31-33-34-35-36-37-38-40-42-45-48-51-54-57-60-63-66-72(75)78-69-70(68-77-71(74)65-62-59-56-53-50-47-44-41-30-27-24-21-18-15-12-9-6-3)79-73(76)67-64-61-58-55-52-49-46-43-39-32-29-26-23-20-17-14-11-8-5-2/h17,20,26,29,31,33,70H,4-16,18-19,21-25,27-28,30,32,34-69H2,1-3H3/b20-17-,29-26-,33-31-. The lowest BCUT2D eigenvalue weighted by atomic mass is 10.0. The Hall–Kier alpha value is -2.37. The molecule has 0 aromatic carbocycles. The van der Waals surface area contributed by atoms with Crippen LogP contribution in [0.3, 0.4) is 0 Å². The lowest BCUT2D eigenvalue weighted by molar-refractivity contribution is -0.167. The van der Waals surface area contributed by atoms with E-state index in [9.17, 15) is 14.4 Å². The molecular formula is C73H136O6. The van der Waals surface area contributed by atoms with Crippen LogP contribution in [-0.2, 0) is 28.6 Å². The van der Waals surface area contributed by atoms with Crippen molar-refractivity contribution in [2.24, 2.45) is 0 Å². The van der Waals surface area contributed by atoms with Crippen LogP contribution < -0.4 is 0 Å². The molecule has 0 spiro atoms. The van der Waals surface area contributed by atoms with E-state index in [1.165, 1.54) is 289 Å². The summed E-state index contributed by atoms with van der Waals surface area (Å²) in [6.07, 6.45) is 84.5. The molecule has 0 saturated heterocycles. The lowest BCUT2D eigenvalue weighted by Gasteiger charge is -2.18. The second-order valence-corrected chi connectivity index (χ2v) is 24.1. The zero-order valence-electron chi connectivity index (χ0n) is 53.4. The summed E-state index contributed by atoms with van der Waals surface area (Å²) in [4.78, 5) is 38.5. The molecule has 1 atom stereocenters. The first kappa shape index (κ1) is 76.6. The van der Waals surface area contributed by atoms with Crippen LogP contribution in [0.15, 0.2) is 36.5 Å². The van der Waals surface area contributed by atoms with E-state index < -0.39 is 6.10 Å². The van der Waals surface area contributed by atoms with Crippen molar-refractivity contribution < 1.29 is 28.6 Å². The van der Waals surface area contributed by atoms with Gasteiger partial charge in [-0.2, -0.15) is 0 Å². The Morgan fingerprint density at radius 2 is 0.456 bits per heavy atom. The van der Waals surface area contributed by atoms with Gasteiger partial charge in [0, 0.05) is 19.3 Å². The summed E-state index contributed by atoms with van der Waals surface area (Å²) in [5.41, 5.74) is 0. The van der Waals surface area contributed by atoms with Gasteiger partial charge in [-0.3, -0.25) is 14.4 Å². The molecule has 0 saturated carbocycles. The molecule has 0 aliphatic heterocycles. The van der Waals surface area contributed by atoms with Crippen molar-refractivity contribution in [3.63, 3.8) is 0 Å². The Balaban J connectivity index is 4.28. The first-order valence-corrected chi connectivity index (χ1v) is 35.5. The number of hydrogen-bond acceptors (Lipinski definition) is 6. The van der Waals surface area contributed by atoms with Crippen molar-refractivity contribution in [2.45, 2.75) is 399 Å². The SMILES string of the molecule is CCCCC/C=C\C/C=C\CCCCCCCCCCCC(=O)OC(COC(=O)CCCCCCCCCCCCCCC/C=C\CCCCCCCCCC)COC(=O)CCCCCCCCCCCCCCCCCCC. The average molecular weight is 1110 g/mol. The van der Waals surface area contributed by atoms with Crippen LogP contribution in [0.4, 0.5) is 0 Å². The number of carbonyl (C=O) groups excluding carboxylic acids is 3. The number of ether oxygens (including phenoxy) is 3. The summed E-state index contributed by atoms with van der Waals surface area (Å²) in [6.45, 7) is 6.69. The Bertz CT molecular complexity index is 1320. The molecule has 0 amide bonds.